The summed E-state index contributed by atoms with van der Waals surface area (Å²) in [6.45, 7) is 0.260. The van der Waals surface area contributed by atoms with Crippen LogP contribution in [0.2, 0.25) is 0 Å². The molecule has 3 unspecified atom stereocenters. The summed E-state index contributed by atoms with van der Waals surface area (Å²) in [6.07, 6.45) is -1.83. The maximum absolute atomic E-state index is 13.2. The summed E-state index contributed by atoms with van der Waals surface area (Å²) in [5.74, 6) is -1.85. The number of alkyl halides is 4. The average Bonchev–Trinajstić information content (AvgIpc) is 2.73. The lowest BCUT2D eigenvalue weighted by atomic mass is 9.88. The van der Waals surface area contributed by atoms with Crippen molar-refractivity contribution in [2.75, 3.05) is 5.32 Å². The summed E-state index contributed by atoms with van der Waals surface area (Å²) in [4.78, 5) is 15.8. The first-order valence-electron chi connectivity index (χ1n) is 9.56. The van der Waals surface area contributed by atoms with E-state index in [0.717, 1.165) is 5.56 Å². The topological polar surface area (TPSA) is 88.2 Å². The van der Waals surface area contributed by atoms with Crippen molar-refractivity contribution in [3.8, 4) is 0 Å². The second kappa shape index (κ2) is 9.44. The van der Waals surface area contributed by atoms with Gasteiger partial charge in [-0.05, 0) is 55.2 Å². The Hall–Kier alpha value is -2.33. The fourth-order valence-electron chi connectivity index (χ4n) is 3.50. The minimum absolute atomic E-state index is 0.0215. The van der Waals surface area contributed by atoms with Crippen molar-refractivity contribution in [2.24, 2.45) is 5.92 Å². The Morgan fingerprint density at radius 1 is 1.16 bits per heavy atom. The number of rotatable bonds is 5. The van der Waals surface area contributed by atoms with Crippen LogP contribution < -0.4 is 10.6 Å². The highest BCUT2D eigenvalue weighted by molar-refractivity contribution is 7.92. The number of urea groups is 1. The van der Waals surface area contributed by atoms with E-state index in [9.17, 15) is 26.4 Å². The molecule has 1 fully saturated rings. The molecule has 11 heteroatoms. The van der Waals surface area contributed by atoms with Crippen LogP contribution in [0.5, 0.6) is 0 Å². The van der Waals surface area contributed by atoms with E-state index in [0.29, 0.717) is 5.69 Å². The number of halogens is 4. The maximum atomic E-state index is 13.2. The molecule has 0 bridgehead atoms. The summed E-state index contributed by atoms with van der Waals surface area (Å²) in [5, 5.41) is 2.93. The van der Waals surface area contributed by atoms with Crippen molar-refractivity contribution in [2.45, 2.75) is 47.5 Å². The van der Waals surface area contributed by atoms with Crippen molar-refractivity contribution in [3.05, 3.63) is 54.4 Å². The van der Waals surface area contributed by atoms with E-state index in [4.69, 9.17) is 11.6 Å². The zero-order chi connectivity index (χ0) is 22.6. The molecule has 1 aliphatic rings. The number of pyridine rings is 1. The van der Waals surface area contributed by atoms with Gasteiger partial charge in [-0.1, -0.05) is 6.07 Å². The standard InChI is InChI=1S/C20H21ClF3N3O3S/c21-18-8-7-16(10-17(18)20(22,23)24)31(29,30)15-5-3-14(4-6-15)27-19(28)26-12-13-2-1-9-25-11-13/h1-6,9,11,16-18H,7-8,10,12H2,(H2,26,27,28). The van der Waals surface area contributed by atoms with Gasteiger partial charge in [0.05, 0.1) is 16.1 Å². The molecule has 31 heavy (non-hydrogen) atoms. The monoisotopic (exact) mass is 475 g/mol. The molecule has 3 rings (SSSR count). The number of aromatic nitrogens is 1. The number of amides is 2. The maximum Gasteiger partial charge on any atom is 0.393 e. The Bertz CT molecular complexity index is 1000. The Morgan fingerprint density at radius 3 is 2.48 bits per heavy atom. The molecule has 1 aromatic carbocycles. The van der Waals surface area contributed by atoms with Gasteiger partial charge in [-0.15, -0.1) is 11.6 Å². The first kappa shape index (κ1) is 23.3. The van der Waals surface area contributed by atoms with Crippen LogP contribution in [0, 0.1) is 5.92 Å². The fourth-order valence-corrected chi connectivity index (χ4v) is 5.68. The molecule has 1 aliphatic carbocycles. The zero-order valence-electron chi connectivity index (χ0n) is 16.3. The minimum atomic E-state index is -4.54. The minimum Gasteiger partial charge on any atom is -0.334 e. The SMILES string of the molecule is O=C(NCc1cccnc1)Nc1ccc(S(=O)(=O)C2CCC(Cl)C(C(F)(F)F)C2)cc1. The van der Waals surface area contributed by atoms with Gasteiger partial charge in [-0.3, -0.25) is 4.98 Å². The molecule has 2 N–H and O–H groups in total. The van der Waals surface area contributed by atoms with E-state index in [1.807, 2.05) is 0 Å². The van der Waals surface area contributed by atoms with Gasteiger partial charge in [0, 0.05) is 30.0 Å². The third kappa shape index (κ3) is 5.88. The first-order chi connectivity index (χ1) is 14.6. The van der Waals surface area contributed by atoms with E-state index in [1.54, 1.807) is 24.5 Å². The Labute approximate surface area is 183 Å². The highest BCUT2D eigenvalue weighted by Crippen LogP contribution is 2.43. The normalized spacial score (nSPS) is 22.0. The Morgan fingerprint density at radius 2 is 1.87 bits per heavy atom. The van der Waals surface area contributed by atoms with Gasteiger partial charge in [0.25, 0.3) is 0 Å². The molecule has 2 aromatic rings. The quantitative estimate of drug-likeness (QED) is 0.622. The average molecular weight is 476 g/mol. The lowest BCUT2D eigenvalue weighted by Crippen LogP contribution is -2.41. The van der Waals surface area contributed by atoms with Crippen LogP contribution in [0.25, 0.3) is 0 Å². The zero-order valence-corrected chi connectivity index (χ0v) is 17.8. The van der Waals surface area contributed by atoms with Crippen molar-refractivity contribution >= 4 is 33.2 Å². The lowest BCUT2D eigenvalue weighted by molar-refractivity contribution is -0.179. The molecule has 0 aliphatic heterocycles. The van der Waals surface area contributed by atoms with Crippen LogP contribution in [0.3, 0.4) is 0 Å². The second-order valence-electron chi connectivity index (χ2n) is 7.34. The summed E-state index contributed by atoms with van der Waals surface area (Å²) >= 11 is 5.80. The van der Waals surface area contributed by atoms with Crippen molar-refractivity contribution < 1.29 is 26.4 Å². The van der Waals surface area contributed by atoms with Gasteiger partial charge >= 0.3 is 12.2 Å². The number of carbonyl (C=O) groups excluding carboxylic acids is 1. The number of benzene rings is 1. The molecule has 2 amide bonds. The summed E-state index contributed by atoms with van der Waals surface area (Å²) in [7, 11) is -3.96. The summed E-state index contributed by atoms with van der Waals surface area (Å²) < 4.78 is 65.2. The van der Waals surface area contributed by atoms with Crippen LogP contribution in [-0.2, 0) is 16.4 Å². The molecule has 1 heterocycles. The van der Waals surface area contributed by atoms with E-state index >= 15 is 0 Å². The van der Waals surface area contributed by atoms with Crippen LogP contribution >= 0.6 is 11.6 Å². The molecular weight excluding hydrogens is 455 g/mol. The molecule has 1 saturated carbocycles. The van der Waals surface area contributed by atoms with Crippen LogP contribution in [0.15, 0.2) is 53.7 Å². The van der Waals surface area contributed by atoms with Gasteiger partial charge in [-0.2, -0.15) is 13.2 Å². The van der Waals surface area contributed by atoms with Crippen molar-refractivity contribution in [1.29, 1.82) is 0 Å². The van der Waals surface area contributed by atoms with Gasteiger partial charge < -0.3 is 10.6 Å². The number of nitrogens with zero attached hydrogens (tertiary/aromatic N) is 1. The third-order valence-corrected chi connectivity index (χ3v) is 7.95. The molecule has 0 radical (unpaired) electrons. The molecule has 1 aromatic heterocycles. The Kier molecular flexibility index (Phi) is 7.10. The number of hydrogen-bond acceptors (Lipinski definition) is 4. The van der Waals surface area contributed by atoms with Gasteiger partial charge in [0.15, 0.2) is 9.84 Å². The smallest absolute Gasteiger partial charge is 0.334 e. The van der Waals surface area contributed by atoms with E-state index in [-0.39, 0.29) is 24.3 Å². The lowest BCUT2D eigenvalue weighted by Gasteiger charge is -2.33. The largest absolute Gasteiger partial charge is 0.393 e. The number of hydrogen-bond donors (Lipinski definition) is 2. The molecule has 168 valence electrons. The molecule has 0 saturated heterocycles. The van der Waals surface area contributed by atoms with Gasteiger partial charge in [0.2, 0.25) is 0 Å². The number of nitrogens with one attached hydrogen (secondary N) is 2. The molecule has 6 nitrogen and oxygen atoms in total. The number of sulfone groups is 1. The second-order valence-corrected chi connectivity index (χ2v) is 10.1. The summed E-state index contributed by atoms with van der Waals surface area (Å²) in [5.41, 5.74) is 1.16. The molecular formula is C20H21ClF3N3O3S. The predicted molar refractivity (Wildman–Crippen MR) is 111 cm³/mol. The van der Waals surface area contributed by atoms with E-state index < -0.39 is 45.0 Å². The third-order valence-electron chi connectivity index (χ3n) is 5.19. The van der Waals surface area contributed by atoms with Crippen molar-refractivity contribution in [3.63, 3.8) is 0 Å². The predicted octanol–water partition coefficient (Wildman–Crippen LogP) is 4.52. The highest BCUT2D eigenvalue weighted by atomic mass is 35.5. The van der Waals surface area contributed by atoms with Gasteiger partial charge in [0.1, 0.15) is 0 Å². The van der Waals surface area contributed by atoms with Gasteiger partial charge in [-0.25, -0.2) is 13.2 Å². The van der Waals surface area contributed by atoms with Crippen molar-refractivity contribution in [1.82, 2.24) is 10.3 Å². The van der Waals surface area contributed by atoms with E-state index in [2.05, 4.69) is 15.6 Å². The summed E-state index contributed by atoms with van der Waals surface area (Å²) in [6, 6.07) is 8.39. The molecule has 3 atom stereocenters. The Balaban J connectivity index is 1.62. The molecule has 0 spiro atoms. The first-order valence-corrected chi connectivity index (χ1v) is 11.5. The number of anilines is 1. The highest BCUT2D eigenvalue weighted by Gasteiger charge is 2.49. The van der Waals surface area contributed by atoms with Crippen LogP contribution in [0.4, 0.5) is 23.7 Å². The number of carbonyl (C=O) groups is 1. The van der Waals surface area contributed by atoms with E-state index in [1.165, 1.54) is 24.3 Å². The van der Waals surface area contributed by atoms with Crippen LogP contribution in [-0.4, -0.2) is 36.2 Å². The fraction of sp³-hybridized carbons (Fsp3) is 0.400. The van der Waals surface area contributed by atoms with Crippen LogP contribution in [0.1, 0.15) is 24.8 Å².